The Labute approximate surface area is 142 Å². The van der Waals surface area contributed by atoms with Crippen LogP contribution in [0.15, 0.2) is 48.8 Å². The number of sulfonamides is 1. The summed E-state index contributed by atoms with van der Waals surface area (Å²) in [4.78, 5) is 16.2. The first-order valence-electron chi connectivity index (χ1n) is 7.56. The Morgan fingerprint density at radius 2 is 1.83 bits per heavy atom. The highest BCUT2D eigenvalue weighted by Crippen LogP contribution is 2.24. The molecule has 2 rings (SSSR count). The SMILES string of the molecule is Cc1ccccc1C(NC(=O)CCNS(C)(=O)=O)c1ccncc1. The van der Waals surface area contributed by atoms with Gasteiger partial charge < -0.3 is 5.32 Å². The van der Waals surface area contributed by atoms with Gasteiger partial charge >= 0.3 is 0 Å². The van der Waals surface area contributed by atoms with Crippen molar-refractivity contribution in [3.8, 4) is 0 Å². The maximum Gasteiger partial charge on any atom is 0.222 e. The summed E-state index contributed by atoms with van der Waals surface area (Å²) in [6.07, 6.45) is 4.49. The number of pyridine rings is 1. The lowest BCUT2D eigenvalue weighted by Gasteiger charge is -2.21. The summed E-state index contributed by atoms with van der Waals surface area (Å²) in [5.41, 5.74) is 2.98. The van der Waals surface area contributed by atoms with E-state index < -0.39 is 10.0 Å². The lowest BCUT2D eigenvalue weighted by Crippen LogP contribution is -2.33. The van der Waals surface area contributed by atoms with Crippen LogP contribution in [0.1, 0.15) is 29.2 Å². The first-order chi connectivity index (χ1) is 11.4. The molecule has 0 aliphatic carbocycles. The molecular formula is C17H21N3O3S. The van der Waals surface area contributed by atoms with E-state index >= 15 is 0 Å². The van der Waals surface area contributed by atoms with Crippen LogP contribution in [-0.4, -0.2) is 32.1 Å². The zero-order valence-corrected chi connectivity index (χ0v) is 14.5. The maximum atomic E-state index is 12.2. The lowest BCUT2D eigenvalue weighted by atomic mass is 9.95. The van der Waals surface area contributed by atoms with Crippen LogP contribution in [0.3, 0.4) is 0 Å². The Morgan fingerprint density at radius 3 is 2.46 bits per heavy atom. The first-order valence-corrected chi connectivity index (χ1v) is 9.45. The summed E-state index contributed by atoms with van der Waals surface area (Å²) >= 11 is 0. The molecule has 1 heterocycles. The summed E-state index contributed by atoms with van der Waals surface area (Å²) in [5.74, 6) is -0.226. The zero-order valence-electron chi connectivity index (χ0n) is 13.7. The molecule has 0 saturated heterocycles. The van der Waals surface area contributed by atoms with Crippen LogP contribution in [0, 0.1) is 6.92 Å². The van der Waals surface area contributed by atoms with Gasteiger partial charge in [-0.3, -0.25) is 9.78 Å². The third kappa shape index (κ3) is 5.43. The maximum absolute atomic E-state index is 12.2. The van der Waals surface area contributed by atoms with E-state index in [1.54, 1.807) is 12.4 Å². The van der Waals surface area contributed by atoms with Gasteiger partial charge in [-0.15, -0.1) is 0 Å². The molecule has 2 N–H and O–H groups in total. The van der Waals surface area contributed by atoms with Crippen molar-refractivity contribution in [3.05, 3.63) is 65.5 Å². The molecule has 0 fully saturated rings. The van der Waals surface area contributed by atoms with Gasteiger partial charge in [-0.1, -0.05) is 24.3 Å². The van der Waals surface area contributed by atoms with E-state index in [4.69, 9.17) is 0 Å². The van der Waals surface area contributed by atoms with E-state index in [9.17, 15) is 13.2 Å². The molecule has 24 heavy (non-hydrogen) atoms. The normalized spacial score (nSPS) is 12.6. The van der Waals surface area contributed by atoms with Crippen LogP contribution in [0.5, 0.6) is 0 Å². The van der Waals surface area contributed by atoms with E-state index in [1.165, 1.54) is 0 Å². The highest BCUT2D eigenvalue weighted by atomic mass is 32.2. The van der Waals surface area contributed by atoms with Gasteiger partial charge in [0.2, 0.25) is 15.9 Å². The van der Waals surface area contributed by atoms with Crippen LogP contribution in [-0.2, 0) is 14.8 Å². The predicted octanol–water partition coefficient (Wildman–Crippen LogP) is 1.53. The fourth-order valence-electron chi connectivity index (χ4n) is 2.39. The second-order valence-corrected chi connectivity index (χ2v) is 7.39. The van der Waals surface area contributed by atoms with Gasteiger partial charge in [0.15, 0.2) is 0 Å². The van der Waals surface area contributed by atoms with Crippen molar-refractivity contribution in [2.75, 3.05) is 12.8 Å². The van der Waals surface area contributed by atoms with Crippen LogP contribution >= 0.6 is 0 Å². The molecule has 1 aromatic heterocycles. The topological polar surface area (TPSA) is 88.2 Å². The quantitative estimate of drug-likeness (QED) is 0.795. The lowest BCUT2D eigenvalue weighted by molar-refractivity contribution is -0.121. The molecule has 0 spiro atoms. The van der Waals surface area contributed by atoms with Crippen molar-refractivity contribution in [1.82, 2.24) is 15.0 Å². The number of carbonyl (C=O) groups excluding carboxylic acids is 1. The monoisotopic (exact) mass is 347 g/mol. The number of nitrogens with one attached hydrogen (secondary N) is 2. The molecular weight excluding hydrogens is 326 g/mol. The van der Waals surface area contributed by atoms with Gasteiger partial charge in [0.25, 0.3) is 0 Å². The largest absolute Gasteiger partial charge is 0.345 e. The number of hydrogen-bond acceptors (Lipinski definition) is 4. The van der Waals surface area contributed by atoms with E-state index in [-0.39, 0.29) is 24.9 Å². The van der Waals surface area contributed by atoms with Crippen molar-refractivity contribution in [2.24, 2.45) is 0 Å². The molecule has 7 heteroatoms. The standard InChI is InChI=1S/C17H21N3O3S/c1-13-5-3-4-6-15(13)17(14-7-10-18-11-8-14)20-16(21)9-12-19-24(2,22)23/h3-8,10-11,17,19H,9,12H2,1-2H3,(H,20,21). The Morgan fingerprint density at radius 1 is 1.17 bits per heavy atom. The summed E-state index contributed by atoms with van der Waals surface area (Å²) in [6, 6.07) is 11.2. The van der Waals surface area contributed by atoms with Gasteiger partial charge in [-0.25, -0.2) is 13.1 Å². The zero-order chi connectivity index (χ0) is 17.6. The van der Waals surface area contributed by atoms with Crippen LogP contribution < -0.4 is 10.0 Å². The van der Waals surface area contributed by atoms with Crippen molar-refractivity contribution in [3.63, 3.8) is 0 Å². The summed E-state index contributed by atoms with van der Waals surface area (Å²) in [7, 11) is -3.30. The number of benzene rings is 1. The molecule has 0 aliphatic heterocycles. The Bertz CT molecular complexity index is 792. The second kappa shape index (κ2) is 8.03. The number of aryl methyl sites for hydroxylation is 1. The molecule has 2 aromatic rings. The third-order valence-electron chi connectivity index (χ3n) is 3.56. The Kier molecular flexibility index (Phi) is 6.05. The minimum Gasteiger partial charge on any atom is -0.345 e. The van der Waals surface area contributed by atoms with Gasteiger partial charge in [0.1, 0.15) is 0 Å². The van der Waals surface area contributed by atoms with Crippen LogP contribution in [0.4, 0.5) is 0 Å². The molecule has 1 atom stereocenters. The summed E-state index contributed by atoms with van der Waals surface area (Å²) in [6.45, 7) is 2.06. The van der Waals surface area contributed by atoms with Gasteiger partial charge in [0.05, 0.1) is 12.3 Å². The fraction of sp³-hybridized carbons (Fsp3) is 0.294. The van der Waals surface area contributed by atoms with E-state index in [0.717, 1.165) is 22.9 Å². The smallest absolute Gasteiger partial charge is 0.222 e. The Balaban J connectivity index is 2.16. The first kappa shape index (κ1) is 18.1. The highest BCUT2D eigenvalue weighted by molar-refractivity contribution is 7.88. The molecule has 1 amide bonds. The van der Waals surface area contributed by atoms with Crippen molar-refractivity contribution < 1.29 is 13.2 Å². The Hall–Kier alpha value is -2.25. The molecule has 1 unspecified atom stereocenters. The molecule has 0 saturated carbocycles. The average molecular weight is 347 g/mol. The summed E-state index contributed by atoms with van der Waals surface area (Å²) < 4.78 is 24.5. The molecule has 1 aromatic carbocycles. The minimum absolute atomic E-state index is 0.0700. The van der Waals surface area contributed by atoms with Crippen LogP contribution in [0.25, 0.3) is 0 Å². The van der Waals surface area contributed by atoms with Gasteiger partial charge in [0, 0.05) is 25.4 Å². The summed E-state index contributed by atoms with van der Waals surface area (Å²) in [5, 5.41) is 2.98. The number of carbonyl (C=O) groups is 1. The number of amides is 1. The molecule has 128 valence electrons. The second-order valence-electron chi connectivity index (χ2n) is 5.55. The molecule has 6 nitrogen and oxygen atoms in total. The molecule has 0 aliphatic rings. The van der Waals surface area contributed by atoms with Crippen molar-refractivity contribution >= 4 is 15.9 Å². The minimum atomic E-state index is -3.30. The third-order valence-corrected chi connectivity index (χ3v) is 4.29. The molecule has 0 radical (unpaired) electrons. The van der Waals surface area contributed by atoms with Gasteiger partial charge in [-0.05, 0) is 35.7 Å². The van der Waals surface area contributed by atoms with E-state index in [0.29, 0.717) is 0 Å². The average Bonchev–Trinajstić information content (AvgIpc) is 2.53. The van der Waals surface area contributed by atoms with E-state index in [1.807, 2.05) is 43.3 Å². The van der Waals surface area contributed by atoms with Gasteiger partial charge in [-0.2, -0.15) is 0 Å². The number of nitrogens with zero attached hydrogens (tertiary/aromatic N) is 1. The van der Waals surface area contributed by atoms with Crippen molar-refractivity contribution in [1.29, 1.82) is 0 Å². The predicted molar refractivity (Wildman–Crippen MR) is 92.9 cm³/mol. The van der Waals surface area contributed by atoms with Crippen molar-refractivity contribution in [2.45, 2.75) is 19.4 Å². The van der Waals surface area contributed by atoms with E-state index in [2.05, 4.69) is 15.0 Å². The number of hydrogen-bond donors (Lipinski definition) is 2. The number of aromatic nitrogens is 1. The number of rotatable bonds is 7. The fourth-order valence-corrected chi connectivity index (χ4v) is 2.86. The van der Waals surface area contributed by atoms with Crippen LogP contribution in [0.2, 0.25) is 0 Å². The highest BCUT2D eigenvalue weighted by Gasteiger charge is 2.18. The molecule has 0 bridgehead atoms.